The van der Waals surface area contributed by atoms with E-state index in [1.807, 2.05) is 17.8 Å². The topological polar surface area (TPSA) is 42.2 Å². The van der Waals surface area contributed by atoms with Crippen LogP contribution in [-0.2, 0) is 7.05 Å². The van der Waals surface area contributed by atoms with Gasteiger partial charge in [-0.05, 0) is 0 Å². The lowest BCUT2D eigenvalue weighted by atomic mass is 10.4. The predicted octanol–water partition coefficient (Wildman–Crippen LogP) is -0.230. The zero-order valence-corrected chi connectivity index (χ0v) is 6.41. The normalized spacial score (nSPS) is 16.3. The highest BCUT2D eigenvalue weighted by Gasteiger charge is 2.09. The van der Waals surface area contributed by atoms with E-state index in [0.29, 0.717) is 0 Å². The van der Waals surface area contributed by atoms with Crippen molar-refractivity contribution in [2.45, 2.75) is 0 Å². The number of aryl methyl sites for hydroxylation is 1. The van der Waals surface area contributed by atoms with E-state index in [-0.39, 0.29) is 0 Å². The highest BCUT2D eigenvalue weighted by atomic mass is 15.1. The summed E-state index contributed by atoms with van der Waals surface area (Å²) in [7, 11) is 1.96. The van der Waals surface area contributed by atoms with Crippen molar-refractivity contribution >= 4 is 5.84 Å². The zero-order chi connectivity index (χ0) is 7.68. The number of amidine groups is 1. The Morgan fingerprint density at radius 2 is 2.55 bits per heavy atom. The lowest BCUT2D eigenvalue weighted by Crippen LogP contribution is -2.21. The molecule has 0 aromatic carbocycles. The molecule has 11 heavy (non-hydrogen) atoms. The Morgan fingerprint density at radius 3 is 3.09 bits per heavy atom. The summed E-state index contributed by atoms with van der Waals surface area (Å²) in [4.78, 5) is 8.29. The van der Waals surface area contributed by atoms with E-state index in [1.54, 1.807) is 6.33 Å². The van der Waals surface area contributed by atoms with Gasteiger partial charge in [0, 0.05) is 13.6 Å². The third kappa shape index (κ3) is 1.00. The molecule has 2 rings (SSSR count). The number of aromatic nitrogens is 2. The van der Waals surface area contributed by atoms with Crippen LogP contribution < -0.4 is 5.32 Å². The molecule has 0 saturated carbocycles. The fraction of sp³-hybridized carbons (Fsp3) is 0.429. The van der Waals surface area contributed by atoms with E-state index in [4.69, 9.17) is 0 Å². The first-order valence-corrected chi connectivity index (χ1v) is 3.63. The van der Waals surface area contributed by atoms with E-state index in [9.17, 15) is 0 Å². The first-order valence-electron chi connectivity index (χ1n) is 3.63. The van der Waals surface area contributed by atoms with Crippen molar-refractivity contribution in [2.24, 2.45) is 12.0 Å². The summed E-state index contributed by atoms with van der Waals surface area (Å²) < 4.78 is 1.96. The van der Waals surface area contributed by atoms with Crippen LogP contribution in [0.3, 0.4) is 0 Å². The van der Waals surface area contributed by atoms with Gasteiger partial charge >= 0.3 is 0 Å². The van der Waals surface area contributed by atoms with Crippen LogP contribution in [0.4, 0.5) is 0 Å². The average Bonchev–Trinajstić information content (AvgIpc) is 2.55. The van der Waals surface area contributed by atoms with E-state index >= 15 is 0 Å². The quantitative estimate of drug-likeness (QED) is 0.601. The summed E-state index contributed by atoms with van der Waals surface area (Å²) >= 11 is 0. The molecule has 1 aliphatic rings. The summed E-state index contributed by atoms with van der Waals surface area (Å²) in [6, 6.07) is 0. The number of aliphatic imine (C=N–C) groups is 1. The summed E-state index contributed by atoms with van der Waals surface area (Å²) in [5.74, 6) is 0.963. The van der Waals surface area contributed by atoms with Gasteiger partial charge in [-0.1, -0.05) is 0 Å². The van der Waals surface area contributed by atoms with Crippen LogP contribution in [-0.4, -0.2) is 28.5 Å². The largest absolute Gasteiger partial charge is 0.367 e. The first kappa shape index (κ1) is 6.39. The van der Waals surface area contributed by atoms with Gasteiger partial charge in [-0.2, -0.15) is 0 Å². The predicted molar refractivity (Wildman–Crippen MR) is 42.6 cm³/mol. The SMILES string of the molecule is Cn1cncc1C1=NCCN1. The molecule has 0 unspecified atom stereocenters. The van der Waals surface area contributed by atoms with Crippen molar-refractivity contribution < 1.29 is 0 Å². The molecule has 4 heteroatoms. The number of nitrogens with zero attached hydrogens (tertiary/aromatic N) is 3. The smallest absolute Gasteiger partial charge is 0.147 e. The van der Waals surface area contributed by atoms with Gasteiger partial charge in [0.25, 0.3) is 0 Å². The maximum atomic E-state index is 4.28. The van der Waals surface area contributed by atoms with E-state index in [1.165, 1.54) is 0 Å². The molecule has 1 N–H and O–H groups in total. The third-order valence-electron chi connectivity index (χ3n) is 1.73. The number of imidazole rings is 1. The molecule has 0 aliphatic carbocycles. The molecule has 4 nitrogen and oxygen atoms in total. The van der Waals surface area contributed by atoms with Gasteiger partial charge in [0.05, 0.1) is 19.1 Å². The van der Waals surface area contributed by atoms with Gasteiger partial charge in [0.15, 0.2) is 0 Å². The summed E-state index contributed by atoms with van der Waals surface area (Å²) in [6.07, 6.45) is 3.59. The molecule has 0 bridgehead atoms. The Labute approximate surface area is 65.0 Å². The Balaban J connectivity index is 2.35. The summed E-state index contributed by atoms with van der Waals surface area (Å²) in [5.41, 5.74) is 1.06. The van der Waals surface area contributed by atoms with Crippen LogP contribution in [0.1, 0.15) is 5.69 Å². The highest BCUT2D eigenvalue weighted by Crippen LogP contribution is 1.99. The zero-order valence-electron chi connectivity index (χ0n) is 6.41. The van der Waals surface area contributed by atoms with Crippen molar-refractivity contribution in [2.75, 3.05) is 13.1 Å². The van der Waals surface area contributed by atoms with Crippen molar-refractivity contribution in [3.8, 4) is 0 Å². The molecular formula is C7H10N4. The second-order valence-corrected chi connectivity index (χ2v) is 2.55. The minimum absolute atomic E-state index is 0.876. The van der Waals surface area contributed by atoms with Crippen LogP contribution in [0.25, 0.3) is 0 Å². The van der Waals surface area contributed by atoms with Gasteiger partial charge in [0.1, 0.15) is 11.5 Å². The molecule has 0 spiro atoms. The fourth-order valence-electron chi connectivity index (χ4n) is 1.15. The molecule has 0 amide bonds. The van der Waals surface area contributed by atoms with E-state index in [2.05, 4.69) is 15.3 Å². The second-order valence-electron chi connectivity index (χ2n) is 2.55. The van der Waals surface area contributed by atoms with Crippen molar-refractivity contribution in [1.29, 1.82) is 0 Å². The van der Waals surface area contributed by atoms with Crippen molar-refractivity contribution in [3.63, 3.8) is 0 Å². The van der Waals surface area contributed by atoms with Crippen molar-refractivity contribution in [1.82, 2.24) is 14.9 Å². The van der Waals surface area contributed by atoms with Gasteiger partial charge in [-0.15, -0.1) is 0 Å². The number of hydrogen-bond acceptors (Lipinski definition) is 3. The molecule has 0 saturated heterocycles. The number of rotatable bonds is 1. The van der Waals surface area contributed by atoms with Gasteiger partial charge < -0.3 is 9.88 Å². The molecule has 0 fully saturated rings. The minimum Gasteiger partial charge on any atom is -0.367 e. The molecule has 58 valence electrons. The second kappa shape index (κ2) is 2.38. The molecule has 1 aliphatic heterocycles. The Bertz CT molecular complexity index is 286. The third-order valence-corrected chi connectivity index (χ3v) is 1.73. The van der Waals surface area contributed by atoms with Gasteiger partial charge in [-0.25, -0.2) is 4.98 Å². The van der Waals surface area contributed by atoms with Crippen LogP contribution in [0.2, 0.25) is 0 Å². The van der Waals surface area contributed by atoms with Gasteiger partial charge in [0.2, 0.25) is 0 Å². The monoisotopic (exact) mass is 150 g/mol. The molecule has 2 heterocycles. The maximum absolute atomic E-state index is 4.28. The van der Waals surface area contributed by atoms with Crippen LogP contribution in [0, 0.1) is 0 Å². The summed E-state index contributed by atoms with van der Waals surface area (Å²) in [5, 5.41) is 3.19. The standard InChI is InChI=1S/C7H10N4/c1-11-5-8-4-6(11)7-9-2-3-10-7/h4-5H,2-3H2,1H3,(H,9,10). The Morgan fingerprint density at radius 1 is 1.64 bits per heavy atom. The summed E-state index contributed by atoms with van der Waals surface area (Å²) in [6.45, 7) is 1.82. The molecule has 1 aromatic rings. The van der Waals surface area contributed by atoms with Crippen LogP contribution >= 0.6 is 0 Å². The molecule has 0 radical (unpaired) electrons. The minimum atomic E-state index is 0.876. The Hall–Kier alpha value is -1.32. The van der Waals surface area contributed by atoms with Gasteiger partial charge in [-0.3, -0.25) is 4.99 Å². The fourth-order valence-corrected chi connectivity index (χ4v) is 1.15. The van der Waals surface area contributed by atoms with E-state index < -0.39 is 0 Å². The lowest BCUT2D eigenvalue weighted by molar-refractivity contribution is 0.891. The average molecular weight is 150 g/mol. The van der Waals surface area contributed by atoms with E-state index in [0.717, 1.165) is 24.6 Å². The lowest BCUT2D eigenvalue weighted by Gasteiger charge is -2.00. The highest BCUT2D eigenvalue weighted by molar-refractivity contribution is 5.98. The number of nitrogens with one attached hydrogen (secondary N) is 1. The molecular weight excluding hydrogens is 140 g/mol. The van der Waals surface area contributed by atoms with Crippen molar-refractivity contribution in [3.05, 3.63) is 18.2 Å². The Kier molecular flexibility index (Phi) is 1.38. The molecule has 1 aromatic heterocycles. The van der Waals surface area contributed by atoms with Crippen LogP contribution in [0.15, 0.2) is 17.5 Å². The maximum Gasteiger partial charge on any atom is 0.147 e. The number of hydrogen-bond donors (Lipinski definition) is 1. The van der Waals surface area contributed by atoms with Crippen LogP contribution in [0.5, 0.6) is 0 Å². The first-order chi connectivity index (χ1) is 5.38. The molecule has 0 atom stereocenters.